The van der Waals surface area contributed by atoms with E-state index >= 15 is 0 Å². The van der Waals surface area contributed by atoms with Gasteiger partial charge in [0, 0.05) is 17.7 Å². The molecule has 0 saturated carbocycles. The highest BCUT2D eigenvalue weighted by Gasteiger charge is 2.30. The van der Waals surface area contributed by atoms with Gasteiger partial charge in [-0.1, -0.05) is 6.07 Å². The second kappa shape index (κ2) is 6.01. The van der Waals surface area contributed by atoms with Crippen LogP contribution in [0.3, 0.4) is 0 Å². The van der Waals surface area contributed by atoms with E-state index in [1.165, 1.54) is 24.7 Å². The number of furan rings is 1. The second-order valence-electron chi connectivity index (χ2n) is 4.36. The van der Waals surface area contributed by atoms with Crippen LogP contribution in [0.1, 0.15) is 27.6 Å². The lowest BCUT2D eigenvalue weighted by Crippen LogP contribution is -2.28. The van der Waals surface area contributed by atoms with Gasteiger partial charge in [0.15, 0.2) is 0 Å². The molecule has 2 rings (SSSR count). The highest BCUT2D eigenvalue weighted by atomic mass is 19.4. The third-order valence-electron chi connectivity index (χ3n) is 2.84. The number of alkyl halides is 3. The van der Waals surface area contributed by atoms with Crippen molar-refractivity contribution in [3.63, 3.8) is 0 Å². The van der Waals surface area contributed by atoms with E-state index in [-0.39, 0.29) is 12.1 Å². The fourth-order valence-corrected chi connectivity index (χ4v) is 1.71. The lowest BCUT2D eigenvalue weighted by atomic mass is 10.1. The molecule has 0 radical (unpaired) electrons. The monoisotopic (exact) mass is 299 g/mol. The zero-order valence-electron chi connectivity index (χ0n) is 10.7. The van der Waals surface area contributed by atoms with Gasteiger partial charge >= 0.3 is 6.18 Å². The van der Waals surface area contributed by atoms with Crippen molar-refractivity contribution in [1.82, 2.24) is 5.32 Å². The Kier molecular flexibility index (Phi) is 4.32. The highest BCUT2D eigenvalue weighted by molar-refractivity contribution is 5.94. The van der Waals surface area contributed by atoms with Crippen LogP contribution in [-0.2, 0) is 6.18 Å². The Morgan fingerprint density at radius 2 is 2.10 bits per heavy atom. The quantitative estimate of drug-likeness (QED) is 0.912. The summed E-state index contributed by atoms with van der Waals surface area (Å²) in [4.78, 5) is 11.8. The summed E-state index contributed by atoms with van der Waals surface area (Å²) in [6, 6.07) is 5.61. The predicted octanol–water partition coefficient (Wildman–Crippen LogP) is 2.76. The van der Waals surface area contributed by atoms with Gasteiger partial charge in [-0.3, -0.25) is 4.79 Å². The van der Waals surface area contributed by atoms with Gasteiger partial charge < -0.3 is 14.8 Å². The van der Waals surface area contributed by atoms with E-state index in [0.717, 1.165) is 18.2 Å². The first-order valence-corrected chi connectivity index (χ1v) is 6.03. The second-order valence-corrected chi connectivity index (χ2v) is 4.36. The molecule has 1 aromatic heterocycles. The van der Waals surface area contributed by atoms with Gasteiger partial charge in [0.1, 0.15) is 0 Å². The third kappa shape index (κ3) is 3.85. The fourth-order valence-electron chi connectivity index (χ4n) is 1.71. The number of nitrogens with one attached hydrogen (secondary N) is 1. The van der Waals surface area contributed by atoms with Crippen molar-refractivity contribution in [3.05, 3.63) is 59.5 Å². The Morgan fingerprint density at radius 3 is 2.71 bits per heavy atom. The van der Waals surface area contributed by atoms with Crippen molar-refractivity contribution in [2.45, 2.75) is 12.3 Å². The summed E-state index contributed by atoms with van der Waals surface area (Å²) in [5.41, 5.74) is -0.547. The topological polar surface area (TPSA) is 62.5 Å². The molecule has 1 amide bonds. The predicted molar refractivity (Wildman–Crippen MR) is 67.4 cm³/mol. The molecule has 0 saturated heterocycles. The first kappa shape index (κ1) is 15.1. The van der Waals surface area contributed by atoms with E-state index in [1.54, 1.807) is 0 Å². The minimum Gasteiger partial charge on any atom is -0.472 e. The number of aliphatic hydroxyl groups is 1. The zero-order chi connectivity index (χ0) is 15.5. The zero-order valence-corrected chi connectivity index (χ0v) is 10.7. The van der Waals surface area contributed by atoms with E-state index in [1.807, 2.05) is 0 Å². The molecule has 7 heteroatoms. The van der Waals surface area contributed by atoms with Crippen molar-refractivity contribution in [3.8, 4) is 0 Å². The number of carbonyl (C=O) groups excluding carboxylic acids is 1. The maximum absolute atomic E-state index is 12.5. The number of amides is 1. The highest BCUT2D eigenvalue weighted by Crippen LogP contribution is 2.29. The molecule has 21 heavy (non-hydrogen) atoms. The van der Waals surface area contributed by atoms with Crippen LogP contribution in [0.25, 0.3) is 0 Å². The van der Waals surface area contributed by atoms with Gasteiger partial charge in [0.2, 0.25) is 0 Å². The molecule has 0 unspecified atom stereocenters. The minimum absolute atomic E-state index is 0.121. The van der Waals surface area contributed by atoms with Gasteiger partial charge in [-0.05, 0) is 24.3 Å². The van der Waals surface area contributed by atoms with Crippen LogP contribution in [0.15, 0.2) is 47.3 Å². The third-order valence-corrected chi connectivity index (χ3v) is 2.84. The molecular weight excluding hydrogens is 287 g/mol. The average Bonchev–Trinajstić information content (AvgIpc) is 2.98. The Morgan fingerprint density at radius 1 is 1.33 bits per heavy atom. The molecule has 0 spiro atoms. The van der Waals surface area contributed by atoms with Crippen LogP contribution in [0, 0.1) is 0 Å². The maximum Gasteiger partial charge on any atom is 0.416 e. The average molecular weight is 299 g/mol. The number of carbonyl (C=O) groups is 1. The number of rotatable bonds is 4. The summed E-state index contributed by atoms with van der Waals surface area (Å²) in [6.45, 7) is -0.130. The molecule has 0 aliphatic heterocycles. The molecule has 2 aromatic rings. The molecule has 1 heterocycles. The summed E-state index contributed by atoms with van der Waals surface area (Å²) in [6.07, 6.45) is -2.81. The molecule has 0 aliphatic carbocycles. The van der Waals surface area contributed by atoms with Crippen LogP contribution in [0.2, 0.25) is 0 Å². The number of hydrogen-bond donors (Lipinski definition) is 2. The SMILES string of the molecule is O=C(NC[C@@H](O)c1ccoc1)c1cccc(C(F)(F)F)c1. The normalized spacial score (nSPS) is 13.0. The van der Waals surface area contributed by atoms with Crippen molar-refractivity contribution in [2.75, 3.05) is 6.54 Å². The van der Waals surface area contributed by atoms with Crippen molar-refractivity contribution in [1.29, 1.82) is 0 Å². The summed E-state index contributed by atoms with van der Waals surface area (Å²) in [7, 11) is 0. The molecule has 0 bridgehead atoms. The molecule has 4 nitrogen and oxygen atoms in total. The van der Waals surface area contributed by atoms with Gasteiger partial charge in [-0.15, -0.1) is 0 Å². The number of aliphatic hydroxyl groups excluding tert-OH is 1. The van der Waals surface area contributed by atoms with Gasteiger partial charge in [-0.2, -0.15) is 13.2 Å². The molecule has 0 fully saturated rings. The first-order chi connectivity index (χ1) is 9.88. The smallest absolute Gasteiger partial charge is 0.416 e. The summed E-state index contributed by atoms with van der Waals surface area (Å²) >= 11 is 0. The first-order valence-electron chi connectivity index (χ1n) is 6.03. The molecule has 1 atom stereocenters. The molecule has 2 N–H and O–H groups in total. The molecule has 112 valence electrons. The van der Waals surface area contributed by atoms with E-state index in [0.29, 0.717) is 5.56 Å². The van der Waals surface area contributed by atoms with Crippen LogP contribution in [0.4, 0.5) is 13.2 Å². The van der Waals surface area contributed by atoms with E-state index in [2.05, 4.69) is 5.32 Å². The molecule has 1 aromatic carbocycles. The lowest BCUT2D eigenvalue weighted by Gasteiger charge is -2.11. The molecule has 0 aliphatic rings. The lowest BCUT2D eigenvalue weighted by molar-refractivity contribution is -0.137. The van der Waals surface area contributed by atoms with Crippen LogP contribution in [-0.4, -0.2) is 17.6 Å². The summed E-state index contributed by atoms with van der Waals surface area (Å²) in [5.74, 6) is -0.691. The Balaban J connectivity index is 2.01. The van der Waals surface area contributed by atoms with Crippen molar-refractivity contribution < 1.29 is 27.5 Å². The largest absolute Gasteiger partial charge is 0.472 e. The van der Waals surface area contributed by atoms with Crippen LogP contribution >= 0.6 is 0 Å². The standard InChI is InChI=1S/C14H12F3NO3/c15-14(16,17)11-3-1-2-9(6-11)13(20)18-7-12(19)10-4-5-21-8-10/h1-6,8,12,19H,7H2,(H,18,20)/t12-/m1/s1. The van der Waals surface area contributed by atoms with Crippen LogP contribution in [0.5, 0.6) is 0 Å². The van der Waals surface area contributed by atoms with Gasteiger partial charge in [0.25, 0.3) is 5.91 Å². The minimum atomic E-state index is -4.51. The summed E-state index contributed by atoms with van der Waals surface area (Å²) < 4.78 is 42.4. The maximum atomic E-state index is 12.5. The number of benzene rings is 1. The van der Waals surface area contributed by atoms with Crippen LogP contribution < -0.4 is 5.32 Å². The van der Waals surface area contributed by atoms with E-state index < -0.39 is 23.8 Å². The number of halogens is 3. The van der Waals surface area contributed by atoms with Crippen molar-refractivity contribution in [2.24, 2.45) is 0 Å². The Bertz CT molecular complexity index is 608. The Hall–Kier alpha value is -2.28. The van der Waals surface area contributed by atoms with Crippen molar-refractivity contribution >= 4 is 5.91 Å². The van der Waals surface area contributed by atoms with E-state index in [9.17, 15) is 23.1 Å². The Labute approximate surface area is 118 Å². The summed E-state index contributed by atoms with van der Waals surface area (Å²) in [5, 5.41) is 12.1. The fraction of sp³-hybridized carbons (Fsp3) is 0.214. The number of hydrogen-bond acceptors (Lipinski definition) is 3. The molecular formula is C14H12F3NO3. The van der Waals surface area contributed by atoms with Gasteiger partial charge in [0.05, 0.1) is 24.2 Å². The van der Waals surface area contributed by atoms with Gasteiger partial charge in [-0.25, -0.2) is 0 Å². The van der Waals surface area contributed by atoms with E-state index in [4.69, 9.17) is 4.42 Å².